The smallest absolute Gasteiger partial charge is 0.307 e. The van der Waals surface area contributed by atoms with Gasteiger partial charge in [-0.15, -0.1) is 0 Å². The van der Waals surface area contributed by atoms with Gasteiger partial charge in [-0.2, -0.15) is 8.42 Å². The minimum Gasteiger partial charge on any atom is -0.307 e. The number of carbonyl (C=O) groups excluding carboxylic acids is 1. The molecule has 0 aliphatic heterocycles. The molecule has 2 aromatic rings. The Hall–Kier alpha value is -2.48. The highest BCUT2D eigenvalue weighted by atomic mass is 32.2. The van der Waals surface area contributed by atoms with Crippen LogP contribution in [0.25, 0.3) is 0 Å². The Morgan fingerprint density at radius 3 is 1.79 bits per heavy atom. The first-order chi connectivity index (χ1) is 12.9. The summed E-state index contributed by atoms with van der Waals surface area (Å²) >= 11 is 0. The Labute approximate surface area is 167 Å². The molecule has 0 aliphatic carbocycles. The second-order valence-corrected chi connectivity index (χ2v) is 9.20. The molecule has 2 rings (SSSR count). The fraction of sp³-hybridized carbons (Fsp3) is 0.450. The van der Waals surface area contributed by atoms with Gasteiger partial charge in [-0.25, -0.2) is 19.5 Å². The van der Waals surface area contributed by atoms with Crippen molar-refractivity contribution in [2.24, 2.45) is 0 Å². The quantitative estimate of drug-likeness (QED) is 0.729. The van der Waals surface area contributed by atoms with Crippen LogP contribution in [-0.2, 0) is 10.0 Å². The second-order valence-electron chi connectivity index (χ2n) is 7.62. The van der Waals surface area contributed by atoms with E-state index in [2.05, 4.69) is 15.3 Å². The van der Waals surface area contributed by atoms with Crippen LogP contribution >= 0.6 is 0 Å². The van der Waals surface area contributed by atoms with E-state index in [-0.39, 0.29) is 11.8 Å². The number of nitrogens with zero attached hydrogens (tertiary/aromatic N) is 2. The third-order valence-corrected chi connectivity index (χ3v) is 5.37. The van der Waals surface area contributed by atoms with Crippen molar-refractivity contribution in [3.63, 3.8) is 0 Å². The van der Waals surface area contributed by atoms with Gasteiger partial charge < -0.3 is 5.32 Å². The second kappa shape index (κ2) is 8.26. The van der Waals surface area contributed by atoms with Gasteiger partial charge in [0.15, 0.2) is 0 Å². The lowest BCUT2D eigenvalue weighted by molar-refractivity contribution is 0.256. The molecule has 0 atom stereocenters. The fourth-order valence-corrected chi connectivity index (χ4v) is 3.93. The third-order valence-electron chi connectivity index (χ3n) is 4.26. The van der Waals surface area contributed by atoms with E-state index in [1.807, 2.05) is 51.5 Å². The number of carbonyl (C=O) groups is 1. The van der Waals surface area contributed by atoms with Crippen molar-refractivity contribution in [1.29, 1.82) is 0 Å². The number of hydrogen-bond acceptors (Lipinski definition) is 5. The molecule has 152 valence electrons. The molecule has 1 heterocycles. The summed E-state index contributed by atoms with van der Waals surface area (Å²) in [6.45, 7) is 13.5. The highest BCUT2D eigenvalue weighted by Gasteiger charge is 2.24. The number of rotatable bonds is 5. The summed E-state index contributed by atoms with van der Waals surface area (Å²) in [5.74, 6) is 0.319. The normalized spacial score (nSPS) is 11.8. The van der Waals surface area contributed by atoms with E-state index in [0.717, 1.165) is 16.7 Å². The Kier molecular flexibility index (Phi) is 6.44. The molecule has 2 amide bonds. The minimum absolute atomic E-state index is 0.159. The zero-order chi connectivity index (χ0) is 21.2. The van der Waals surface area contributed by atoms with Crippen LogP contribution in [-0.4, -0.2) is 24.4 Å². The van der Waals surface area contributed by atoms with Crippen LogP contribution < -0.4 is 10.0 Å². The molecule has 7 nitrogen and oxygen atoms in total. The van der Waals surface area contributed by atoms with Gasteiger partial charge in [-0.1, -0.05) is 45.4 Å². The molecule has 28 heavy (non-hydrogen) atoms. The van der Waals surface area contributed by atoms with Crippen molar-refractivity contribution in [2.45, 2.75) is 65.5 Å². The number of nitrogens with one attached hydrogen (secondary N) is 2. The van der Waals surface area contributed by atoms with Crippen LogP contribution in [0.3, 0.4) is 0 Å². The molecule has 1 aromatic heterocycles. The number of benzene rings is 1. The lowest BCUT2D eigenvalue weighted by atomic mass is 9.90. The average Bonchev–Trinajstić information content (AvgIpc) is 2.54. The SMILES string of the molecule is Cc1cc(C(C)C)c(NC(=O)NS(=O)(=O)c2nc(C)cc(C)n2)c(C(C)C)c1. The van der Waals surface area contributed by atoms with Gasteiger partial charge in [0.1, 0.15) is 0 Å². The summed E-state index contributed by atoms with van der Waals surface area (Å²) in [6.07, 6.45) is 0. The first-order valence-corrected chi connectivity index (χ1v) is 10.7. The Balaban J connectivity index is 2.37. The largest absolute Gasteiger partial charge is 0.333 e. The molecule has 0 saturated carbocycles. The lowest BCUT2D eigenvalue weighted by Crippen LogP contribution is -2.36. The maximum atomic E-state index is 12.5. The summed E-state index contributed by atoms with van der Waals surface area (Å²) in [6, 6.07) is 4.84. The number of aromatic nitrogens is 2. The van der Waals surface area contributed by atoms with Crippen molar-refractivity contribution < 1.29 is 13.2 Å². The monoisotopic (exact) mass is 404 g/mol. The molecule has 0 radical (unpaired) electrons. The molecule has 8 heteroatoms. The fourth-order valence-electron chi connectivity index (χ4n) is 3.02. The van der Waals surface area contributed by atoms with Crippen LogP contribution in [0.4, 0.5) is 10.5 Å². The van der Waals surface area contributed by atoms with Crippen LogP contribution in [0.15, 0.2) is 23.4 Å². The molecule has 2 N–H and O–H groups in total. The molecule has 0 saturated heterocycles. The van der Waals surface area contributed by atoms with Crippen LogP contribution in [0, 0.1) is 20.8 Å². The highest BCUT2D eigenvalue weighted by molar-refractivity contribution is 7.89. The van der Waals surface area contributed by atoms with E-state index in [1.54, 1.807) is 19.9 Å². The molecule has 0 unspecified atom stereocenters. The van der Waals surface area contributed by atoms with E-state index < -0.39 is 21.2 Å². The number of urea groups is 1. The van der Waals surface area contributed by atoms with E-state index in [4.69, 9.17) is 0 Å². The summed E-state index contributed by atoms with van der Waals surface area (Å²) in [4.78, 5) is 20.4. The van der Waals surface area contributed by atoms with Gasteiger partial charge in [-0.05, 0) is 49.8 Å². The Morgan fingerprint density at radius 2 is 1.36 bits per heavy atom. The number of aryl methyl sites for hydroxylation is 3. The number of anilines is 1. The Morgan fingerprint density at radius 1 is 0.893 bits per heavy atom. The van der Waals surface area contributed by atoms with Crippen molar-refractivity contribution in [1.82, 2.24) is 14.7 Å². The van der Waals surface area contributed by atoms with Gasteiger partial charge in [0.2, 0.25) is 0 Å². The van der Waals surface area contributed by atoms with Gasteiger partial charge in [-0.3, -0.25) is 0 Å². The predicted octanol–water partition coefficient (Wildman–Crippen LogP) is 4.16. The Bertz CT molecular complexity index is 949. The zero-order valence-electron chi connectivity index (χ0n) is 17.4. The number of sulfonamides is 1. The van der Waals surface area contributed by atoms with Gasteiger partial charge in [0.25, 0.3) is 5.16 Å². The van der Waals surface area contributed by atoms with E-state index >= 15 is 0 Å². The molecular weight excluding hydrogens is 376 g/mol. The summed E-state index contributed by atoms with van der Waals surface area (Å²) in [7, 11) is -4.18. The molecule has 0 aliphatic rings. The third kappa shape index (κ3) is 5.07. The van der Waals surface area contributed by atoms with Crippen molar-refractivity contribution >= 4 is 21.7 Å². The van der Waals surface area contributed by atoms with Gasteiger partial charge in [0.05, 0.1) is 0 Å². The lowest BCUT2D eigenvalue weighted by Gasteiger charge is -2.21. The van der Waals surface area contributed by atoms with E-state index in [0.29, 0.717) is 17.1 Å². The van der Waals surface area contributed by atoms with E-state index in [9.17, 15) is 13.2 Å². The zero-order valence-corrected chi connectivity index (χ0v) is 18.2. The predicted molar refractivity (Wildman–Crippen MR) is 110 cm³/mol. The van der Waals surface area contributed by atoms with Crippen molar-refractivity contribution in [3.05, 3.63) is 46.3 Å². The average molecular weight is 405 g/mol. The standard InChI is InChI=1S/C20H28N4O3S/c1-11(2)16-8-13(5)9-17(12(3)4)18(16)23-19(25)24-28(26,27)20-21-14(6)10-15(7)22-20/h8-12H,1-7H3,(H2,23,24,25). The van der Waals surface area contributed by atoms with Gasteiger partial charge >= 0.3 is 16.1 Å². The maximum absolute atomic E-state index is 12.5. The van der Waals surface area contributed by atoms with Crippen molar-refractivity contribution in [3.8, 4) is 0 Å². The minimum atomic E-state index is -4.18. The first kappa shape index (κ1) is 21.8. The first-order valence-electron chi connectivity index (χ1n) is 9.21. The maximum Gasteiger partial charge on any atom is 0.333 e. The van der Waals surface area contributed by atoms with Crippen LogP contribution in [0.5, 0.6) is 0 Å². The number of amides is 2. The summed E-state index contributed by atoms with van der Waals surface area (Å²) < 4.78 is 27.1. The van der Waals surface area contributed by atoms with E-state index in [1.165, 1.54) is 0 Å². The topological polar surface area (TPSA) is 101 Å². The molecule has 0 spiro atoms. The number of hydrogen-bond donors (Lipinski definition) is 2. The molecule has 1 aromatic carbocycles. The highest BCUT2D eigenvalue weighted by Crippen LogP contribution is 2.33. The van der Waals surface area contributed by atoms with Crippen molar-refractivity contribution in [2.75, 3.05) is 5.32 Å². The molecule has 0 fully saturated rings. The molecular formula is C20H28N4O3S. The molecule has 0 bridgehead atoms. The van der Waals surface area contributed by atoms with Crippen LogP contribution in [0.2, 0.25) is 0 Å². The van der Waals surface area contributed by atoms with Gasteiger partial charge in [0, 0.05) is 17.1 Å². The summed E-state index contributed by atoms with van der Waals surface area (Å²) in [5, 5.41) is 2.32. The summed E-state index contributed by atoms with van der Waals surface area (Å²) in [5.41, 5.74) is 4.67. The van der Waals surface area contributed by atoms with Crippen LogP contribution in [0.1, 0.15) is 67.6 Å².